The number of ether oxygens (including phenoxy) is 1. The molecular formula is C20H13Cl2N3OS. The third-order valence-corrected chi connectivity index (χ3v) is 5.14. The van der Waals surface area contributed by atoms with E-state index in [1.807, 2.05) is 48.5 Å². The van der Waals surface area contributed by atoms with E-state index in [4.69, 9.17) is 27.9 Å². The molecule has 0 saturated heterocycles. The van der Waals surface area contributed by atoms with Gasteiger partial charge in [-0.3, -0.25) is 5.43 Å². The molecule has 0 aliphatic carbocycles. The lowest BCUT2D eigenvalue weighted by Gasteiger charge is -2.07. The van der Waals surface area contributed by atoms with Crippen molar-refractivity contribution in [3.63, 3.8) is 0 Å². The average Bonchev–Trinajstić information content (AvgIpc) is 3.08. The number of thiazole rings is 1. The Morgan fingerprint density at radius 2 is 1.81 bits per heavy atom. The Bertz CT molecular complexity index is 1080. The van der Waals surface area contributed by atoms with Crippen LogP contribution >= 0.6 is 34.5 Å². The van der Waals surface area contributed by atoms with E-state index >= 15 is 0 Å². The fourth-order valence-corrected chi connectivity index (χ4v) is 3.65. The number of hydrazone groups is 1. The molecule has 4 nitrogen and oxygen atoms in total. The number of benzene rings is 3. The molecule has 0 amide bonds. The van der Waals surface area contributed by atoms with Gasteiger partial charge in [0, 0.05) is 5.02 Å². The van der Waals surface area contributed by atoms with Gasteiger partial charge in [0.25, 0.3) is 0 Å². The molecule has 1 heterocycles. The normalized spacial score (nSPS) is 11.2. The van der Waals surface area contributed by atoms with Crippen molar-refractivity contribution in [2.45, 2.75) is 0 Å². The third-order valence-electron chi connectivity index (χ3n) is 3.67. The average molecular weight is 414 g/mol. The quantitative estimate of drug-likeness (QED) is 0.287. The van der Waals surface area contributed by atoms with Crippen LogP contribution in [0.3, 0.4) is 0 Å². The zero-order valence-corrected chi connectivity index (χ0v) is 16.2. The predicted molar refractivity (Wildman–Crippen MR) is 114 cm³/mol. The van der Waals surface area contributed by atoms with Gasteiger partial charge in [-0.2, -0.15) is 5.10 Å². The van der Waals surface area contributed by atoms with Gasteiger partial charge in [0.05, 0.1) is 21.5 Å². The monoisotopic (exact) mass is 413 g/mol. The van der Waals surface area contributed by atoms with Gasteiger partial charge in [0.1, 0.15) is 11.5 Å². The molecule has 4 rings (SSSR count). The molecule has 0 unspecified atom stereocenters. The minimum Gasteiger partial charge on any atom is -0.456 e. The zero-order valence-electron chi connectivity index (χ0n) is 13.9. The second-order valence-corrected chi connectivity index (χ2v) is 7.48. The molecule has 0 aliphatic heterocycles. The smallest absolute Gasteiger partial charge is 0.204 e. The van der Waals surface area contributed by atoms with Gasteiger partial charge < -0.3 is 4.74 Å². The number of hydrogen-bond donors (Lipinski definition) is 1. The number of aromatic nitrogens is 1. The van der Waals surface area contributed by atoms with Crippen LogP contribution in [0.5, 0.6) is 11.5 Å². The minimum atomic E-state index is 0.466. The Morgan fingerprint density at radius 1 is 1.00 bits per heavy atom. The van der Waals surface area contributed by atoms with Crippen LogP contribution in [0.2, 0.25) is 10.0 Å². The van der Waals surface area contributed by atoms with Gasteiger partial charge in [-0.1, -0.05) is 46.7 Å². The molecule has 0 atom stereocenters. The Balaban J connectivity index is 1.40. The van der Waals surface area contributed by atoms with Crippen LogP contribution in [0.4, 0.5) is 5.13 Å². The number of anilines is 1. The van der Waals surface area contributed by atoms with Crippen molar-refractivity contribution >= 4 is 56.1 Å². The molecule has 1 N–H and O–H groups in total. The molecule has 0 spiro atoms. The number of nitrogens with zero attached hydrogens (tertiary/aromatic N) is 2. The van der Waals surface area contributed by atoms with Gasteiger partial charge in [0.2, 0.25) is 5.13 Å². The van der Waals surface area contributed by atoms with Crippen LogP contribution in [-0.4, -0.2) is 11.2 Å². The van der Waals surface area contributed by atoms with E-state index in [2.05, 4.69) is 15.5 Å². The van der Waals surface area contributed by atoms with Crippen LogP contribution in [0, 0.1) is 0 Å². The molecule has 1 aromatic heterocycles. The molecule has 7 heteroatoms. The van der Waals surface area contributed by atoms with Crippen molar-refractivity contribution in [2.24, 2.45) is 5.10 Å². The highest BCUT2D eigenvalue weighted by Crippen LogP contribution is 2.31. The van der Waals surface area contributed by atoms with E-state index in [0.29, 0.717) is 21.5 Å². The van der Waals surface area contributed by atoms with Gasteiger partial charge in [-0.15, -0.1) is 0 Å². The maximum Gasteiger partial charge on any atom is 0.204 e. The number of para-hydroxylation sites is 1. The van der Waals surface area contributed by atoms with Gasteiger partial charge in [0.15, 0.2) is 0 Å². The molecule has 3 aromatic carbocycles. The molecule has 0 aliphatic rings. The van der Waals surface area contributed by atoms with E-state index < -0.39 is 0 Å². The Morgan fingerprint density at radius 3 is 2.59 bits per heavy atom. The Kier molecular flexibility index (Phi) is 5.25. The summed E-state index contributed by atoms with van der Waals surface area (Å²) in [6.07, 6.45) is 1.73. The standard InChI is InChI=1S/C20H13Cl2N3OS/c21-14-7-10-18(16(22)11-14)26-15-8-5-13(6-9-15)12-23-25-20-24-17-3-1-2-4-19(17)27-20/h1-12H,(H,24,25)/b23-12-. The second kappa shape index (κ2) is 7.96. The molecule has 0 bridgehead atoms. The summed E-state index contributed by atoms with van der Waals surface area (Å²) >= 11 is 13.6. The summed E-state index contributed by atoms with van der Waals surface area (Å²) in [5.74, 6) is 1.23. The summed E-state index contributed by atoms with van der Waals surface area (Å²) in [6, 6.07) is 20.6. The summed E-state index contributed by atoms with van der Waals surface area (Å²) in [4.78, 5) is 4.47. The first-order chi connectivity index (χ1) is 13.2. The summed E-state index contributed by atoms with van der Waals surface area (Å²) < 4.78 is 6.89. The SMILES string of the molecule is Clc1ccc(Oc2ccc(/C=N\Nc3nc4ccccc4s3)cc2)c(Cl)c1. The van der Waals surface area contributed by atoms with Crippen molar-refractivity contribution < 1.29 is 4.74 Å². The lowest BCUT2D eigenvalue weighted by atomic mass is 10.2. The fraction of sp³-hybridized carbons (Fsp3) is 0. The van der Waals surface area contributed by atoms with Crippen LogP contribution < -0.4 is 10.2 Å². The first kappa shape index (κ1) is 17.8. The molecule has 0 saturated carbocycles. The number of hydrogen-bond acceptors (Lipinski definition) is 5. The van der Waals surface area contributed by atoms with Crippen LogP contribution in [0.1, 0.15) is 5.56 Å². The highest BCUT2D eigenvalue weighted by molar-refractivity contribution is 7.22. The van der Waals surface area contributed by atoms with Crippen molar-refractivity contribution in [3.8, 4) is 11.5 Å². The number of halogens is 2. The highest BCUT2D eigenvalue weighted by atomic mass is 35.5. The molecule has 27 heavy (non-hydrogen) atoms. The van der Waals surface area contributed by atoms with Crippen LogP contribution in [-0.2, 0) is 0 Å². The summed E-state index contributed by atoms with van der Waals surface area (Å²) in [5.41, 5.74) is 4.85. The molecular weight excluding hydrogens is 401 g/mol. The van der Waals surface area contributed by atoms with E-state index in [0.717, 1.165) is 20.9 Å². The van der Waals surface area contributed by atoms with Crippen molar-refractivity contribution in [3.05, 3.63) is 82.3 Å². The fourth-order valence-electron chi connectivity index (χ4n) is 2.39. The number of rotatable bonds is 5. The Hall–Kier alpha value is -2.60. The number of nitrogens with one attached hydrogen (secondary N) is 1. The lowest BCUT2D eigenvalue weighted by molar-refractivity contribution is 0.483. The van der Waals surface area contributed by atoms with Gasteiger partial charge in [-0.05, 0) is 60.2 Å². The van der Waals surface area contributed by atoms with Crippen molar-refractivity contribution in [1.82, 2.24) is 4.98 Å². The molecule has 0 radical (unpaired) electrons. The van der Waals surface area contributed by atoms with Crippen molar-refractivity contribution in [2.75, 3.05) is 5.43 Å². The van der Waals surface area contributed by atoms with Crippen LogP contribution in [0.15, 0.2) is 71.8 Å². The highest BCUT2D eigenvalue weighted by Gasteiger charge is 2.04. The van der Waals surface area contributed by atoms with E-state index in [9.17, 15) is 0 Å². The minimum absolute atomic E-state index is 0.466. The third kappa shape index (κ3) is 4.39. The maximum absolute atomic E-state index is 6.12. The second-order valence-electron chi connectivity index (χ2n) is 5.60. The van der Waals surface area contributed by atoms with Crippen molar-refractivity contribution in [1.29, 1.82) is 0 Å². The van der Waals surface area contributed by atoms with E-state index in [-0.39, 0.29) is 0 Å². The topological polar surface area (TPSA) is 46.5 Å². The van der Waals surface area contributed by atoms with Gasteiger partial charge in [-0.25, -0.2) is 4.98 Å². The Labute approximate surface area is 170 Å². The first-order valence-corrected chi connectivity index (χ1v) is 9.62. The molecule has 134 valence electrons. The summed E-state index contributed by atoms with van der Waals surface area (Å²) in [7, 11) is 0. The van der Waals surface area contributed by atoms with E-state index in [1.165, 1.54) is 0 Å². The molecule has 0 fully saturated rings. The number of fused-ring (bicyclic) bond motifs is 1. The maximum atomic E-state index is 6.12. The summed E-state index contributed by atoms with van der Waals surface area (Å²) in [6.45, 7) is 0. The van der Waals surface area contributed by atoms with E-state index in [1.54, 1.807) is 35.8 Å². The zero-order chi connectivity index (χ0) is 18.6. The van der Waals surface area contributed by atoms with Gasteiger partial charge >= 0.3 is 0 Å². The molecule has 4 aromatic rings. The largest absolute Gasteiger partial charge is 0.456 e. The first-order valence-electron chi connectivity index (χ1n) is 8.05. The lowest BCUT2D eigenvalue weighted by Crippen LogP contribution is -1.90. The van der Waals surface area contributed by atoms with Crippen LogP contribution in [0.25, 0.3) is 10.2 Å². The predicted octanol–water partition coefficient (Wildman–Crippen LogP) is 6.84. The summed E-state index contributed by atoms with van der Waals surface area (Å²) in [5, 5.41) is 6.03.